The lowest BCUT2D eigenvalue weighted by atomic mass is 9.99. The summed E-state index contributed by atoms with van der Waals surface area (Å²) in [5, 5.41) is 9.88. The average molecular weight is 426 g/mol. The van der Waals surface area contributed by atoms with Crippen LogP contribution in [0.3, 0.4) is 0 Å². The highest BCUT2D eigenvalue weighted by Gasteiger charge is 2.44. The van der Waals surface area contributed by atoms with Gasteiger partial charge in [-0.3, -0.25) is 10.00 Å². The third-order valence-electron chi connectivity index (χ3n) is 5.24. The molecule has 0 bridgehead atoms. The number of rotatable bonds is 5. The molecular formula is C19H19F5N6. The molecule has 1 fully saturated rings. The summed E-state index contributed by atoms with van der Waals surface area (Å²) in [6.45, 7) is 0.339. The van der Waals surface area contributed by atoms with Crippen molar-refractivity contribution >= 4 is 16.9 Å². The first-order chi connectivity index (χ1) is 14.2. The summed E-state index contributed by atoms with van der Waals surface area (Å²) < 4.78 is 67.4. The van der Waals surface area contributed by atoms with Crippen LogP contribution in [-0.2, 0) is 12.6 Å². The average Bonchev–Trinajstić information content (AvgIpc) is 3.17. The van der Waals surface area contributed by atoms with Gasteiger partial charge in [-0.05, 0) is 30.5 Å². The van der Waals surface area contributed by atoms with Crippen LogP contribution < -0.4 is 5.32 Å². The van der Waals surface area contributed by atoms with Crippen molar-refractivity contribution in [3.8, 4) is 0 Å². The summed E-state index contributed by atoms with van der Waals surface area (Å²) in [5.41, 5.74) is 0.417. The molecule has 1 aromatic carbocycles. The Morgan fingerprint density at radius 2 is 1.93 bits per heavy atom. The van der Waals surface area contributed by atoms with Crippen LogP contribution in [0.4, 0.5) is 27.8 Å². The molecule has 30 heavy (non-hydrogen) atoms. The van der Waals surface area contributed by atoms with E-state index in [1.54, 1.807) is 4.90 Å². The Kier molecular flexibility index (Phi) is 5.31. The second-order valence-electron chi connectivity index (χ2n) is 7.32. The van der Waals surface area contributed by atoms with Crippen LogP contribution in [0.5, 0.6) is 0 Å². The molecule has 1 atom stereocenters. The predicted octanol–water partition coefficient (Wildman–Crippen LogP) is 3.74. The van der Waals surface area contributed by atoms with Crippen molar-refractivity contribution in [2.24, 2.45) is 0 Å². The van der Waals surface area contributed by atoms with E-state index in [9.17, 15) is 22.0 Å². The number of alkyl halides is 5. The van der Waals surface area contributed by atoms with Gasteiger partial charge in [0.25, 0.3) is 5.92 Å². The molecule has 3 heterocycles. The van der Waals surface area contributed by atoms with Gasteiger partial charge in [0.15, 0.2) is 5.65 Å². The lowest BCUT2D eigenvalue weighted by Gasteiger charge is -2.38. The monoisotopic (exact) mass is 426 g/mol. The van der Waals surface area contributed by atoms with Crippen molar-refractivity contribution in [3.05, 3.63) is 47.9 Å². The largest absolute Gasteiger partial charge is 0.416 e. The number of likely N-dealkylation sites (tertiary alicyclic amines) is 1. The Hall–Kier alpha value is -2.82. The van der Waals surface area contributed by atoms with Gasteiger partial charge in [-0.1, -0.05) is 12.1 Å². The third-order valence-corrected chi connectivity index (χ3v) is 5.24. The SMILES string of the molecule is FC(F)(F)c1ccc(CCN2CC[C@H](Nc3ncnc4[nH]ncc34)C(F)(F)C2)cc1. The first-order valence-electron chi connectivity index (χ1n) is 9.39. The Morgan fingerprint density at radius 3 is 2.63 bits per heavy atom. The standard InChI is InChI=1S/C19H19F5N6/c20-18(21)10-30(7-5-12-1-3-13(4-2-12)19(22,23)24)8-6-15(18)28-16-14-9-27-29-17(14)26-11-25-16/h1-4,9,11,15H,5-8,10H2,(H2,25,26,27,28,29)/t15-/m0/s1. The van der Waals surface area contributed by atoms with Gasteiger partial charge in [-0.15, -0.1) is 0 Å². The quantitative estimate of drug-likeness (QED) is 0.609. The lowest BCUT2D eigenvalue weighted by Crippen LogP contribution is -2.54. The summed E-state index contributed by atoms with van der Waals surface area (Å²) in [5.74, 6) is -2.70. The van der Waals surface area contributed by atoms with E-state index in [0.29, 0.717) is 41.9 Å². The van der Waals surface area contributed by atoms with Crippen molar-refractivity contribution in [1.82, 2.24) is 25.1 Å². The number of aromatic amines is 1. The molecule has 0 aliphatic carbocycles. The highest BCUT2D eigenvalue weighted by molar-refractivity contribution is 5.85. The molecule has 6 nitrogen and oxygen atoms in total. The number of nitrogens with zero attached hydrogens (tertiary/aromatic N) is 4. The molecule has 0 amide bonds. The first kappa shape index (κ1) is 20.5. The molecule has 4 rings (SSSR count). The second kappa shape index (κ2) is 7.78. The maximum absolute atomic E-state index is 14.7. The van der Waals surface area contributed by atoms with Crippen molar-refractivity contribution in [1.29, 1.82) is 0 Å². The van der Waals surface area contributed by atoms with Gasteiger partial charge < -0.3 is 5.32 Å². The zero-order valence-electron chi connectivity index (χ0n) is 15.8. The molecule has 0 unspecified atom stereocenters. The van der Waals surface area contributed by atoms with Gasteiger partial charge in [0.1, 0.15) is 12.1 Å². The number of halogens is 5. The van der Waals surface area contributed by atoms with E-state index in [1.807, 2.05) is 0 Å². The van der Waals surface area contributed by atoms with Crippen LogP contribution in [0.2, 0.25) is 0 Å². The Morgan fingerprint density at radius 1 is 1.17 bits per heavy atom. The number of aromatic nitrogens is 4. The fourth-order valence-corrected chi connectivity index (χ4v) is 3.57. The van der Waals surface area contributed by atoms with Crippen molar-refractivity contribution in [2.75, 3.05) is 25.0 Å². The zero-order chi connectivity index (χ0) is 21.4. The number of piperidine rings is 1. The maximum Gasteiger partial charge on any atom is 0.416 e. The highest BCUT2D eigenvalue weighted by Crippen LogP contribution is 2.32. The number of nitrogens with one attached hydrogen (secondary N) is 2. The van der Waals surface area contributed by atoms with Gasteiger partial charge in [-0.2, -0.15) is 18.3 Å². The van der Waals surface area contributed by atoms with Crippen LogP contribution in [0, 0.1) is 0 Å². The van der Waals surface area contributed by atoms with E-state index in [0.717, 1.165) is 12.1 Å². The van der Waals surface area contributed by atoms with Crippen LogP contribution in [-0.4, -0.2) is 56.7 Å². The molecule has 0 spiro atoms. The molecule has 0 radical (unpaired) electrons. The Labute approximate surface area is 168 Å². The van der Waals surface area contributed by atoms with E-state index in [1.165, 1.54) is 24.7 Å². The second-order valence-corrected chi connectivity index (χ2v) is 7.32. The minimum Gasteiger partial charge on any atom is -0.360 e. The number of benzene rings is 1. The van der Waals surface area contributed by atoms with Crippen molar-refractivity contribution in [3.63, 3.8) is 0 Å². The molecule has 1 saturated heterocycles. The van der Waals surface area contributed by atoms with Gasteiger partial charge in [-0.25, -0.2) is 18.7 Å². The maximum atomic E-state index is 14.7. The van der Waals surface area contributed by atoms with Gasteiger partial charge in [0.2, 0.25) is 0 Å². The van der Waals surface area contributed by atoms with Crippen molar-refractivity contribution < 1.29 is 22.0 Å². The Bertz CT molecular complexity index is 1000. The third kappa shape index (κ3) is 4.35. The number of H-pyrrole nitrogens is 1. The zero-order valence-corrected chi connectivity index (χ0v) is 15.8. The summed E-state index contributed by atoms with van der Waals surface area (Å²) in [6, 6.07) is 3.71. The summed E-state index contributed by atoms with van der Waals surface area (Å²) in [7, 11) is 0. The molecule has 1 aliphatic rings. The summed E-state index contributed by atoms with van der Waals surface area (Å²) in [6.07, 6.45) is -1.03. The normalized spacial score (nSPS) is 19.8. The van der Waals surface area contributed by atoms with Gasteiger partial charge in [0, 0.05) is 13.1 Å². The molecule has 2 aromatic heterocycles. The van der Waals surface area contributed by atoms with E-state index in [2.05, 4.69) is 25.5 Å². The lowest BCUT2D eigenvalue weighted by molar-refractivity contribution is -0.137. The number of fused-ring (bicyclic) bond motifs is 1. The smallest absolute Gasteiger partial charge is 0.360 e. The van der Waals surface area contributed by atoms with Crippen LogP contribution in [0.15, 0.2) is 36.8 Å². The minimum atomic E-state index is -4.39. The fraction of sp³-hybridized carbons (Fsp3) is 0.421. The number of hydrogen-bond donors (Lipinski definition) is 2. The Balaban J connectivity index is 1.35. The predicted molar refractivity (Wildman–Crippen MR) is 100 cm³/mol. The van der Waals surface area contributed by atoms with Crippen LogP contribution in [0.1, 0.15) is 17.5 Å². The topological polar surface area (TPSA) is 69.7 Å². The molecule has 0 saturated carbocycles. The van der Waals surface area contributed by atoms with E-state index in [-0.39, 0.29) is 6.42 Å². The molecule has 1 aliphatic heterocycles. The van der Waals surface area contributed by atoms with Gasteiger partial charge in [0.05, 0.1) is 29.7 Å². The summed E-state index contributed by atoms with van der Waals surface area (Å²) in [4.78, 5) is 9.67. The van der Waals surface area contributed by atoms with E-state index in [4.69, 9.17) is 0 Å². The van der Waals surface area contributed by atoms with E-state index >= 15 is 0 Å². The van der Waals surface area contributed by atoms with Gasteiger partial charge >= 0.3 is 6.18 Å². The van der Waals surface area contributed by atoms with Crippen LogP contribution >= 0.6 is 0 Å². The molecular weight excluding hydrogens is 407 g/mol. The first-order valence-corrected chi connectivity index (χ1v) is 9.39. The fourth-order valence-electron chi connectivity index (χ4n) is 3.57. The number of anilines is 1. The summed E-state index contributed by atoms with van der Waals surface area (Å²) >= 11 is 0. The molecule has 2 N–H and O–H groups in total. The molecule has 11 heteroatoms. The molecule has 3 aromatic rings. The molecule has 160 valence electrons. The number of hydrogen-bond acceptors (Lipinski definition) is 5. The van der Waals surface area contributed by atoms with Crippen molar-refractivity contribution in [2.45, 2.75) is 31.0 Å². The van der Waals surface area contributed by atoms with Crippen LogP contribution in [0.25, 0.3) is 11.0 Å². The highest BCUT2D eigenvalue weighted by atomic mass is 19.4. The minimum absolute atomic E-state index is 0.198. The van der Waals surface area contributed by atoms with E-state index < -0.39 is 30.2 Å².